The Morgan fingerprint density at radius 2 is 2.10 bits per heavy atom. The maximum Gasteiger partial charge on any atom is 0.244 e. The van der Waals surface area contributed by atoms with Crippen LogP contribution in [-0.2, 0) is 9.59 Å². The Morgan fingerprint density at radius 1 is 1.28 bits per heavy atom. The van der Waals surface area contributed by atoms with Crippen molar-refractivity contribution in [3.8, 4) is 12.1 Å². The van der Waals surface area contributed by atoms with E-state index < -0.39 is 6.04 Å². The number of hydrogen-bond acceptors (Lipinski definition) is 6. The summed E-state index contributed by atoms with van der Waals surface area (Å²) in [6.45, 7) is 0.978. The number of nitriles is 2. The van der Waals surface area contributed by atoms with E-state index in [1.165, 1.54) is 0 Å². The van der Waals surface area contributed by atoms with Crippen molar-refractivity contribution in [1.82, 2.24) is 9.80 Å². The van der Waals surface area contributed by atoms with E-state index in [-0.39, 0.29) is 36.0 Å². The average molecular weight is 390 g/mol. The van der Waals surface area contributed by atoms with Crippen molar-refractivity contribution in [1.29, 1.82) is 10.5 Å². The van der Waals surface area contributed by atoms with Crippen LogP contribution in [0.15, 0.2) is 24.3 Å². The topological polar surface area (TPSA) is 117 Å². The molecule has 1 aliphatic carbocycles. The smallest absolute Gasteiger partial charge is 0.244 e. The first-order chi connectivity index (χ1) is 14.0. The lowest BCUT2D eigenvalue weighted by Gasteiger charge is -2.35. The van der Waals surface area contributed by atoms with Crippen LogP contribution in [0.25, 0.3) is 0 Å². The number of hydrogen-bond donors (Lipinski definition) is 1. The lowest BCUT2D eigenvalue weighted by Crippen LogP contribution is -2.57. The molecule has 4 aliphatic rings. The largest absolute Gasteiger partial charge is 0.322 e. The molecule has 3 heterocycles. The van der Waals surface area contributed by atoms with E-state index in [1.807, 2.05) is 11.0 Å². The maximum atomic E-state index is 13.0. The molecule has 1 aromatic carbocycles. The predicted octanol–water partition coefficient (Wildman–Crippen LogP) is 0.188. The van der Waals surface area contributed by atoms with Crippen molar-refractivity contribution in [3.63, 3.8) is 0 Å². The van der Waals surface area contributed by atoms with Crippen molar-refractivity contribution < 1.29 is 9.59 Å². The number of nitrogens with zero attached hydrogens (tertiary/aromatic N) is 5. The van der Waals surface area contributed by atoms with E-state index in [2.05, 4.69) is 12.1 Å². The fourth-order valence-electron chi connectivity index (χ4n) is 5.34. The molecule has 148 valence electrons. The number of likely N-dealkylation sites (tertiary alicyclic amines) is 2. The van der Waals surface area contributed by atoms with Gasteiger partial charge in [0.1, 0.15) is 6.04 Å². The molecule has 5 rings (SSSR count). The third kappa shape index (κ3) is 2.79. The van der Waals surface area contributed by atoms with E-state index >= 15 is 0 Å². The molecule has 4 fully saturated rings. The first-order valence-corrected chi connectivity index (χ1v) is 10.1. The molecule has 3 saturated heterocycles. The van der Waals surface area contributed by atoms with E-state index in [4.69, 9.17) is 11.0 Å². The van der Waals surface area contributed by atoms with Gasteiger partial charge < -0.3 is 15.5 Å². The first kappa shape index (κ1) is 18.1. The van der Waals surface area contributed by atoms with E-state index in [1.54, 1.807) is 28.0 Å². The summed E-state index contributed by atoms with van der Waals surface area (Å²) in [6, 6.07) is 10.2. The molecule has 8 nitrogen and oxygen atoms in total. The van der Waals surface area contributed by atoms with Crippen molar-refractivity contribution in [2.45, 2.75) is 49.5 Å². The molecule has 1 unspecified atom stereocenters. The van der Waals surface area contributed by atoms with Crippen molar-refractivity contribution in [3.05, 3.63) is 29.8 Å². The van der Waals surface area contributed by atoms with Crippen LogP contribution in [0.5, 0.6) is 0 Å². The maximum absolute atomic E-state index is 13.0. The molecule has 0 spiro atoms. The Morgan fingerprint density at radius 3 is 2.83 bits per heavy atom. The Balaban J connectivity index is 1.26. The highest BCUT2D eigenvalue weighted by molar-refractivity contribution is 6.01. The minimum atomic E-state index is -0.729. The van der Waals surface area contributed by atoms with Gasteiger partial charge in [-0.1, -0.05) is 6.07 Å². The number of rotatable bonds is 4. The van der Waals surface area contributed by atoms with Gasteiger partial charge in [0.2, 0.25) is 11.8 Å². The van der Waals surface area contributed by atoms with Crippen LogP contribution in [0.4, 0.5) is 5.69 Å². The molecular weight excluding hydrogens is 368 g/mol. The molecule has 2 N–H and O–H groups in total. The fourth-order valence-corrected chi connectivity index (χ4v) is 5.34. The number of piperidine rings is 1. The number of fused-ring (bicyclic) bond motifs is 3. The van der Waals surface area contributed by atoms with Crippen LogP contribution in [0, 0.1) is 28.6 Å². The van der Waals surface area contributed by atoms with Gasteiger partial charge >= 0.3 is 0 Å². The van der Waals surface area contributed by atoms with Gasteiger partial charge in [0, 0.05) is 24.8 Å². The number of nitrogens with two attached hydrogens (primary N) is 1. The third-order valence-electron chi connectivity index (χ3n) is 6.78. The number of carbonyl (C=O) groups excluding carboxylic acids is 2. The summed E-state index contributed by atoms with van der Waals surface area (Å²) in [6.07, 6.45) is 2.43. The van der Waals surface area contributed by atoms with E-state index in [0.717, 1.165) is 18.5 Å². The first-order valence-electron chi connectivity index (χ1n) is 10.1. The molecule has 29 heavy (non-hydrogen) atoms. The molecule has 1 aromatic rings. The van der Waals surface area contributed by atoms with Crippen molar-refractivity contribution in [2.24, 2.45) is 11.7 Å². The summed E-state index contributed by atoms with van der Waals surface area (Å²) in [4.78, 5) is 31.3. The molecule has 6 atom stereocenters. The molecule has 2 bridgehead atoms. The predicted molar refractivity (Wildman–Crippen MR) is 103 cm³/mol. The summed E-state index contributed by atoms with van der Waals surface area (Å²) in [5.41, 5.74) is 7.50. The number of carbonyl (C=O) groups is 2. The van der Waals surface area contributed by atoms with Gasteiger partial charge in [0.25, 0.3) is 0 Å². The Bertz CT molecular complexity index is 965. The Hall–Kier alpha value is -2.94. The highest BCUT2D eigenvalue weighted by Gasteiger charge is 2.55. The average Bonchev–Trinajstić information content (AvgIpc) is 3.07. The summed E-state index contributed by atoms with van der Waals surface area (Å²) in [7, 11) is 0. The molecule has 2 amide bonds. The minimum absolute atomic E-state index is 0.00526. The molecule has 0 aromatic heterocycles. The van der Waals surface area contributed by atoms with Crippen LogP contribution >= 0.6 is 0 Å². The summed E-state index contributed by atoms with van der Waals surface area (Å²) < 4.78 is 0. The van der Waals surface area contributed by atoms with E-state index in [9.17, 15) is 14.9 Å². The third-order valence-corrected chi connectivity index (χ3v) is 6.78. The zero-order valence-electron chi connectivity index (χ0n) is 15.9. The number of amides is 2. The van der Waals surface area contributed by atoms with Crippen LogP contribution in [-0.4, -0.2) is 64.9 Å². The van der Waals surface area contributed by atoms with Crippen LogP contribution in [0.2, 0.25) is 0 Å². The number of piperazine rings is 1. The fraction of sp³-hybridized carbons (Fsp3) is 0.524. The summed E-state index contributed by atoms with van der Waals surface area (Å²) >= 11 is 0. The Kier molecular flexibility index (Phi) is 4.09. The van der Waals surface area contributed by atoms with Crippen LogP contribution in [0.1, 0.15) is 24.8 Å². The summed E-state index contributed by atoms with van der Waals surface area (Å²) in [5.74, 6) is 0.280. The SMILES string of the molecule is N#Cc1cccc(N2C(=O)[C@@H]3CC2CN3C[C@H](N)C(=O)N2[C@H](C#N)C[C@@H]3C[C@@H]32)c1. The lowest BCUT2D eigenvalue weighted by atomic mass is 10.1. The lowest BCUT2D eigenvalue weighted by molar-refractivity contribution is -0.135. The van der Waals surface area contributed by atoms with Gasteiger partial charge in [-0.05, 0) is 43.4 Å². The molecule has 1 saturated carbocycles. The zero-order valence-corrected chi connectivity index (χ0v) is 15.9. The number of anilines is 1. The molecular formula is C21H22N6O2. The summed E-state index contributed by atoms with van der Waals surface area (Å²) in [5, 5.41) is 18.4. The second-order valence-electron chi connectivity index (χ2n) is 8.53. The van der Waals surface area contributed by atoms with Gasteiger partial charge in [-0.2, -0.15) is 10.5 Å². The Labute approximate surface area is 169 Å². The zero-order chi connectivity index (χ0) is 20.3. The van der Waals surface area contributed by atoms with Crippen molar-refractivity contribution >= 4 is 17.5 Å². The van der Waals surface area contributed by atoms with Gasteiger partial charge in [-0.15, -0.1) is 0 Å². The second-order valence-corrected chi connectivity index (χ2v) is 8.53. The normalized spacial score (nSPS) is 33.3. The van der Waals surface area contributed by atoms with E-state index in [0.29, 0.717) is 31.0 Å². The second kappa shape index (κ2) is 6.55. The van der Waals surface area contributed by atoms with Crippen LogP contribution < -0.4 is 10.6 Å². The minimum Gasteiger partial charge on any atom is -0.322 e. The monoisotopic (exact) mass is 390 g/mol. The van der Waals surface area contributed by atoms with Gasteiger partial charge in [0.15, 0.2) is 0 Å². The molecule has 0 radical (unpaired) electrons. The molecule has 8 heteroatoms. The van der Waals surface area contributed by atoms with Crippen LogP contribution in [0.3, 0.4) is 0 Å². The van der Waals surface area contributed by atoms with Crippen molar-refractivity contribution in [2.75, 3.05) is 18.0 Å². The highest BCUT2D eigenvalue weighted by atomic mass is 16.2. The quantitative estimate of drug-likeness (QED) is 0.784. The van der Waals surface area contributed by atoms with Gasteiger partial charge in [-0.25, -0.2) is 0 Å². The number of benzene rings is 1. The molecule has 3 aliphatic heterocycles. The van der Waals surface area contributed by atoms with Gasteiger partial charge in [0.05, 0.1) is 35.8 Å². The standard InChI is InChI=1S/C21H22N6O2/c22-8-12-2-1-3-14(4-12)26-16-7-19(21(26)29)25(10-16)11-17(24)20(28)27-15(9-23)5-13-6-18(13)27/h1-4,13,15-19H,5-7,10-11,24H2/t13-,15+,16?,17+,18+,19+/m1/s1. The highest BCUT2D eigenvalue weighted by Crippen LogP contribution is 2.47. The van der Waals surface area contributed by atoms with Gasteiger partial charge in [-0.3, -0.25) is 14.5 Å².